The SMILES string of the molecule is CCOC(=O)C1CN(C(=O)OC(C)(C)C)Cc2ccccc21. The second-order valence-corrected chi connectivity index (χ2v) is 6.36. The minimum atomic E-state index is -0.562. The van der Waals surface area contributed by atoms with E-state index in [2.05, 4.69) is 0 Å². The van der Waals surface area contributed by atoms with Crippen LogP contribution < -0.4 is 0 Å². The maximum atomic E-state index is 12.3. The summed E-state index contributed by atoms with van der Waals surface area (Å²) in [4.78, 5) is 26.1. The molecule has 0 saturated carbocycles. The van der Waals surface area contributed by atoms with E-state index in [0.29, 0.717) is 13.2 Å². The number of rotatable bonds is 2. The van der Waals surface area contributed by atoms with E-state index in [1.54, 1.807) is 11.8 Å². The van der Waals surface area contributed by atoms with Crippen molar-refractivity contribution >= 4 is 12.1 Å². The number of carbonyl (C=O) groups is 2. The third-order valence-corrected chi connectivity index (χ3v) is 3.42. The molecular weight excluding hydrogens is 282 g/mol. The van der Waals surface area contributed by atoms with E-state index in [-0.39, 0.29) is 12.5 Å². The van der Waals surface area contributed by atoms with Gasteiger partial charge in [-0.1, -0.05) is 24.3 Å². The van der Waals surface area contributed by atoms with Crippen LogP contribution in [0.2, 0.25) is 0 Å². The molecule has 0 bridgehead atoms. The summed E-state index contributed by atoms with van der Waals surface area (Å²) >= 11 is 0. The summed E-state index contributed by atoms with van der Waals surface area (Å²) in [6, 6.07) is 7.65. The highest BCUT2D eigenvalue weighted by Gasteiger charge is 2.35. The Bertz CT molecular complexity index is 562. The number of esters is 1. The van der Waals surface area contributed by atoms with Gasteiger partial charge in [-0.2, -0.15) is 0 Å². The standard InChI is InChI=1S/C17H23NO4/c1-5-21-15(19)14-11-18(16(20)22-17(2,3)4)10-12-8-6-7-9-13(12)14/h6-9,14H,5,10-11H2,1-4H3. The van der Waals surface area contributed by atoms with Crippen LogP contribution in [-0.4, -0.2) is 35.7 Å². The van der Waals surface area contributed by atoms with Crippen molar-refractivity contribution in [2.75, 3.05) is 13.2 Å². The Morgan fingerprint density at radius 2 is 1.95 bits per heavy atom. The molecule has 0 aromatic heterocycles. The molecule has 0 N–H and O–H groups in total. The number of hydrogen-bond donors (Lipinski definition) is 0. The quantitative estimate of drug-likeness (QED) is 0.788. The zero-order chi connectivity index (χ0) is 16.3. The average molecular weight is 305 g/mol. The van der Waals surface area contributed by atoms with Crippen LogP contribution in [0.3, 0.4) is 0 Å². The van der Waals surface area contributed by atoms with Crippen LogP contribution in [0.15, 0.2) is 24.3 Å². The number of hydrogen-bond acceptors (Lipinski definition) is 4. The molecule has 0 radical (unpaired) electrons. The smallest absolute Gasteiger partial charge is 0.410 e. The van der Waals surface area contributed by atoms with Gasteiger partial charge in [0.25, 0.3) is 0 Å². The van der Waals surface area contributed by atoms with Crippen LogP contribution in [0.5, 0.6) is 0 Å². The van der Waals surface area contributed by atoms with E-state index in [0.717, 1.165) is 11.1 Å². The maximum Gasteiger partial charge on any atom is 0.410 e. The van der Waals surface area contributed by atoms with Crippen LogP contribution >= 0.6 is 0 Å². The number of fused-ring (bicyclic) bond motifs is 1. The van der Waals surface area contributed by atoms with Crippen molar-refractivity contribution in [3.8, 4) is 0 Å². The first-order chi connectivity index (χ1) is 10.3. The van der Waals surface area contributed by atoms with Gasteiger partial charge in [-0.15, -0.1) is 0 Å². The fourth-order valence-corrected chi connectivity index (χ4v) is 2.52. The van der Waals surface area contributed by atoms with Crippen LogP contribution in [-0.2, 0) is 20.8 Å². The highest BCUT2D eigenvalue weighted by molar-refractivity contribution is 5.81. The molecule has 1 amide bonds. The highest BCUT2D eigenvalue weighted by atomic mass is 16.6. The predicted octanol–water partition coefficient (Wildman–Crippen LogP) is 3.08. The van der Waals surface area contributed by atoms with Crippen LogP contribution in [0, 0.1) is 0 Å². The lowest BCUT2D eigenvalue weighted by atomic mass is 9.90. The molecule has 0 aliphatic carbocycles. The topological polar surface area (TPSA) is 55.8 Å². The Kier molecular flexibility index (Phi) is 4.74. The van der Waals surface area contributed by atoms with Crippen LogP contribution in [0.4, 0.5) is 4.79 Å². The fourth-order valence-electron chi connectivity index (χ4n) is 2.52. The number of carbonyl (C=O) groups excluding carboxylic acids is 2. The Labute approximate surface area is 131 Å². The minimum Gasteiger partial charge on any atom is -0.465 e. The summed E-state index contributed by atoms with van der Waals surface area (Å²) in [6.45, 7) is 8.30. The second kappa shape index (κ2) is 6.38. The van der Waals surface area contributed by atoms with Crippen molar-refractivity contribution in [3.63, 3.8) is 0 Å². The van der Waals surface area contributed by atoms with Gasteiger partial charge in [0.05, 0.1) is 12.5 Å². The number of ether oxygens (including phenoxy) is 2. The molecule has 5 heteroatoms. The van der Waals surface area contributed by atoms with Gasteiger partial charge in [0, 0.05) is 13.1 Å². The van der Waals surface area contributed by atoms with E-state index in [1.807, 2.05) is 45.0 Å². The normalized spacial score (nSPS) is 17.6. The minimum absolute atomic E-state index is 0.283. The summed E-state index contributed by atoms with van der Waals surface area (Å²) < 4.78 is 10.6. The molecule has 1 heterocycles. The van der Waals surface area contributed by atoms with Gasteiger partial charge in [0.2, 0.25) is 0 Å². The Morgan fingerprint density at radius 3 is 2.59 bits per heavy atom. The predicted molar refractivity (Wildman–Crippen MR) is 82.5 cm³/mol. The number of benzene rings is 1. The zero-order valence-electron chi connectivity index (χ0n) is 13.6. The van der Waals surface area contributed by atoms with Gasteiger partial charge in [0.1, 0.15) is 5.60 Å². The molecule has 1 aromatic rings. The molecular formula is C17H23NO4. The molecule has 1 aliphatic rings. The molecule has 1 aliphatic heterocycles. The van der Waals surface area contributed by atoms with Crippen molar-refractivity contribution in [3.05, 3.63) is 35.4 Å². The van der Waals surface area contributed by atoms with E-state index in [9.17, 15) is 9.59 Å². The van der Waals surface area contributed by atoms with Gasteiger partial charge in [-0.3, -0.25) is 4.79 Å². The van der Waals surface area contributed by atoms with E-state index in [1.165, 1.54) is 0 Å². The third kappa shape index (κ3) is 3.78. The zero-order valence-corrected chi connectivity index (χ0v) is 13.6. The first kappa shape index (κ1) is 16.3. The summed E-state index contributed by atoms with van der Waals surface area (Å²) in [5, 5.41) is 0. The monoisotopic (exact) mass is 305 g/mol. The maximum absolute atomic E-state index is 12.3. The van der Waals surface area contributed by atoms with Gasteiger partial charge in [-0.05, 0) is 38.8 Å². The molecule has 5 nitrogen and oxygen atoms in total. The lowest BCUT2D eigenvalue weighted by molar-refractivity contribution is -0.145. The van der Waals surface area contributed by atoms with Crippen molar-refractivity contribution < 1.29 is 19.1 Å². The Balaban J connectivity index is 2.24. The number of amides is 1. The molecule has 1 atom stereocenters. The fraction of sp³-hybridized carbons (Fsp3) is 0.529. The Hall–Kier alpha value is -2.04. The lowest BCUT2D eigenvalue weighted by Crippen LogP contribution is -2.43. The molecule has 2 rings (SSSR count). The second-order valence-electron chi connectivity index (χ2n) is 6.36. The third-order valence-electron chi connectivity index (χ3n) is 3.42. The van der Waals surface area contributed by atoms with E-state index < -0.39 is 17.6 Å². The van der Waals surface area contributed by atoms with Crippen molar-refractivity contribution in [1.29, 1.82) is 0 Å². The summed E-state index contributed by atoms with van der Waals surface area (Å²) in [5.74, 6) is -0.763. The molecule has 0 fully saturated rings. The summed E-state index contributed by atoms with van der Waals surface area (Å²) in [5.41, 5.74) is 1.33. The van der Waals surface area contributed by atoms with Crippen LogP contribution in [0.1, 0.15) is 44.7 Å². The first-order valence-electron chi connectivity index (χ1n) is 7.54. The lowest BCUT2D eigenvalue weighted by Gasteiger charge is -2.34. The molecule has 0 saturated heterocycles. The van der Waals surface area contributed by atoms with Gasteiger partial charge in [-0.25, -0.2) is 4.79 Å². The first-order valence-corrected chi connectivity index (χ1v) is 7.54. The molecule has 120 valence electrons. The molecule has 0 spiro atoms. The molecule has 1 aromatic carbocycles. The summed E-state index contributed by atoms with van der Waals surface area (Å²) in [7, 11) is 0. The van der Waals surface area contributed by atoms with Crippen molar-refractivity contribution in [1.82, 2.24) is 4.90 Å². The van der Waals surface area contributed by atoms with Gasteiger partial charge < -0.3 is 14.4 Å². The van der Waals surface area contributed by atoms with E-state index in [4.69, 9.17) is 9.47 Å². The van der Waals surface area contributed by atoms with Gasteiger partial charge >= 0.3 is 12.1 Å². The highest BCUT2D eigenvalue weighted by Crippen LogP contribution is 2.30. The van der Waals surface area contributed by atoms with Gasteiger partial charge in [0.15, 0.2) is 0 Å². The summed E-state index contributed by atoms with van der Waals surface area (Å²) in [6.07, 6.45) is -0.406. The van der Waals surface area contributed by atoms with Crippen molar-refractivity contribution in [2.45, 2.75) is 45.8 Å². The largest absolute Gasteiger partial charge is 0.465 e. The van der Waals surface area contributed by atoms with Crippen molar-refractivity contribution in [2.24, 2.45) is 0 Å². The number of nitrogens with zero attached hydrogens (tertiary/aromatic N) is 1. The van der Waals surface area contributed by atoms with E-state index >= 15 is 0 Å². The average Bonchev–Trinajstić information content (AvgIpc) is 2.44. The van der Waals surface area contributed by atoms with Crippen LogP contribution in [0.25, 0.3) is 0 Å². The molecule has 22 heavy (non-hydrogen) atoms. The molecule has 1 unspecified atom stereocenters. The Morgan fingerprint density at radius 1 is 1.27 bits per heavy atom.